The lowest BCUT2D eigenvalue weighted by Crippen LogP contribution is -2.61. The van der Waals surface area contributed by atoms with Crippen LogP contribution in [0, 0.1) is 0 Å². The van der Waals surface area contributed by atoms with Gasteiger partial charge in [-0.25, -0.2) is 4.98 Å². The van der Waals surface area contributed by atoms with Crippen molar-refractivity contribution in [2.24, 2.45) is 0 Å². The number of piperazine rings is 1. The molecule has 0 amide bonds. The van der Waals surface area contributed by atoms with Crippen LogP contribution >= 0.6 is 31.9 Å². The number of rotatable bonds is 2. The molecule has 0 aromatic carbocycles. The van der Waals surface area contributed by atoms with E-state index in [1.54, 1.807) is 0 Å². The SMILES string of the molecule is Brc1cnc(N2CCN(C3CNC3)CC2)c(Br)c1. The molecule has 2 aliphatic rings. The van der Waals surface area contributed by atoms with Gasteiger partial charge in [-0.3, -0.25) is 4.90 Å². The maximum absolute atomic E-state index is 4.51. The summed E-state index contributed by atoms with van der Waals surface area (Å²) in [6.45, 7) is 6.70. The van der Waals surface area contributed by atoms with Crippen LogP contribution in [0.2, 0.25) is 0 Å². The van der Waals surface area contributed by atoms with Crippen LogP contribution in [0.1, 0.15) is 0 Å². The topological polar surface area (TPSA) is 31.4 Å². The first-order chi connectivity index (χ1) is 8.74. The third-order valence-electron chi connectivity index (χ3n) is 3.68. The van der Waals surface area contributed by atoms with Crippen molar-refractivity contribution in [3.8, 4) is 0 Å². The molecule has 0 bridgehead atoms. The van der Waals surface area contributed by atoms with Gasteiger partial charge in [0.05, 0.1) is 4.47 Å². The Bertz CT molecular complexity index is 428. The monoisotopic (exact) mass is 374 g/mol. The lowest BCUT2D eigenvalue weighted by molar-refractivity contribution is 0.137. The lowest BCUT2D eigenvalue weighted by Gasteiger charge is -2.43. The van der Waals surface area contributed by atoms with E-state index in [1.807, 2.05) is 6.20 Å². The van der Waals surface area contributed by atoms with Crippen molar-refractivity contribution in [1.82, 2.24) is 15.2 Å². The van der Waals surface area contributed by atoms with E-state index < -0.39 is 0 Å². The number of nitrogens with zero attached hydrogens (tertiary/aromatic N) is 3. The average molecular weight is 376 g/mol. The molecule has 18 heavy (non-hydrogen) atoms. The molecular formula is C12H16Br2N4. The maximum atomic E-state index is 4.51. The van der Waals surface area contributed by atoms with Crippen molar-refractivity contribution in [2.45, 2.75) is 6.04 Å². The Labute approximate surface area is 124 Å². The van der Waals surface area contributed by atoms with Crippen LogP contribution < -0.4 is 10.2 Å². The Kier molecular flexibility index (Phi) is 3.89. The van der Waals surface area contributed by atoms with Gasteiger partial charge in [-0.2, -0.15) is 0 Å². The van der Waals surface area contributed by atoms with Gasteiger partial charge in [0.25, 0.3) is 0 Å². The number of halogens is 2. The van der Waals surface area contributed by atoms with Gasteiger partial charge in [0, 0.05) is 56.0 Å². The highest BCUT2D eigenvalue weighted by atomic mass is 79.9. The highest BCUT2D eigenvalue weighted by molar-refractivity contribution is 9.11. The third-order valence-corrected chi connectivity index (χ3v) is 4.70. The molecule has 3 heterocycles. The van der Waals surface area contributed by atoms with Gasteiger partial charge in [-0.15, -0.1) is 0 Å². The number of nitrogens with one attached hydrogen (secondary N) is 1. The zero-order valence-electron chi connectivity index (χ0n) is 10.1. The third kappa shape index (κ3) is 2.57. The summed E-state index contributed by atoms with van der Waals surface area (Å²) in [6, 6.07) is 2.82. The number of pyridine rings is 1. The van der Waals surface area contributed by atoms with Crippen LogP contribution in [0.4, 0.5) is 5.82 Å². The van der Waals surface area contributed by atoms with E-state index in [1.165, 1.54) is 0 Å². The predicted molar refractivity (Wildman–Crippen MR) is 80.1 cm³/mol. The minimum Gasteiger partial charge on any atom is -0.353 e. The van der Waals surface area contributed by atoms with Gasteiger partial charge in [0.1, 0.15) is 5.82 Å². The molecule has 3 rings (SSSR count). The quantitative estimate of drug-likeness (QED) is 0.852. The molecule has 0 radical (unpaired) electrons. The maximum Gasteiger partial charge on any atom is 0.143 e. The van der Waals surface area contributed by atoms with Gasteiger partial charge in [0.15, 0.2) is 0 Å². The number of hydrogen-bond donors (Lipinski definition) is 1. The summed E-state index contributed by atoms with van der Waals surface area (Å²) in [7, 11) is 0. The van der Waals surface area contributed by atoms with Crippen LogP contribution in [0.15, 0.2) is 21.2 Å². The van der Waals surface area contributed by atoms with Crippen molar-refractivity contribution in [1.29, 1.82) is 0 Å². The van der Waals surface area contributed by atoms with Crippen molar-refractivity contribution in [3.63, 3.8) is 0 Å². The molecule has 98 valence electrons. The first-order valence-corrected chi connectivity index (χ1v) is 7.83. The van der Waals surface area contributed by atoms with Gasteiger partial charge < -0.3 is 10.2 Å². The smallest absolute Gasteiger partial charge is 0.143 e. The summed E-state index contributed by atoms with van der Waals surface area (Å²) >= 11 is 7.03. The summed E-state index contributed by atoms with van der Waals surface area (Å²) in [5.41, 5.74) is 0. The zero-order valence-corrected chi connectivity index (χ0v) is 13.2. The summed E-state index contributed by atoms with van der Waals surface area (Å²) in [6.07, 6.45) is 1.86. The van der Waals surface area contributed by atoms with E-state index in [2.05, 4.69) is 58.0 Å². The van der Waals surface area contributed by atoms with Crippen molar-refractivity contribution in [3.05, 3.63) is 21.2 Å². The molecule has 4 nitrogen and oxygen atoms in total. The van der Waals surface area contributed by atoms with Crippen LogP contribution in [0.3, 0.4) is 0 Å². The predicted octanol–water partition coefficient (Wildman–Crippen LogP) is 1.70. The van der Waals surface area contributed by atoms with Crippen LogP contribution in [-0.2, 0) is 0 Å². The summed E-state index contributed by atoms with van der Waals surface area (Å²) in [5.74, 6) is 1.06. The average Bonchev–Trinajstić information content (AvgIpc) is 2.28. The molecule has 0 saturated carbocycles. The van der Waals surface area contributed by atoms with E-state index in [4.69, 9.17) is 0 Å². The van der Waals surface area contributed by atoms with Crippen LogP contribution in [-0.4, -0.2) is 55.2 Å². The molecule has 0 aliphatic carbocycles. The van der Waals surface area contributed by atoms with Crippen molar-refractivity contribution >= 4 is 37.7 Å². The highest BCUT2D eigenvalue weighted by Crippen LogP contribution is 2.27. The summed E-state index contributed by atoms with van der Waals surface area (Å²) in [5, 5.41) is 3.34. The molecule has 2 saturated heterocycles. The molecule has 1 aromatic rings. The second-order valence-corrected chi connectivity index (χ2v) is 6.56. The molecule has 2 fully saturated rings. The first kappa shape index (κ1) is 12.8. The highest BCUT2D eigenvalue weighted by Gasteiger charge is 2.28. The standard InChI is InChI=1S/C12H16Br2N4/c13-9-5-11(14)12(16-6-9)18-3-1-17(2-4-18)10-7-15-8-10/h5-6,10,15H,1-4,7-8H2. The largest absolute Gasteiger partial charge is 0.353 e. The molecule has 1 N–H and O–H groups in total. The second-order valence-electron chi connectivity index (χ2n) is 4.79. The lowest BCUT2D eigenvalue weighted by atomic mass is 10.1. The number of aromatic nitrogens is 1. The van der Waals surface area contributed by atoms with Crippen LogP contribution in [0.5, 0.6) is 0 Å². The Morgan fingerprint density at radius 1 is 1.17 bits per heavy atom. The normalized spacial score (nSPS) is 22.0. The summed E-state index contributed by atoms with van der Waals surface area (Å²) in [4.78, 5) is 9.45. The van der Waals surface area contributed by atoms with E-state index in [9.17, 15) is 0 Å². The Balaban J connectivity index is 1.64. The Morgan fingerprint density at radius 3 is 2.44 bits per heavy atom. The van der Waals surface area contributed by atoms with E-state index in [-0.39, 0.29) is 0 Å². The number of hydrogen-bond acceptors (Lipinski definition) is 4. The molecule has 0 atom stereocenters. The van der Waals surface area contributed by atoms with E-state index >= 15 is 0 Å². The second kappa shape index (κ2) is 5.45. The summed E-state index contributed by atoms with van der Waals surface area (Å²) < 4.78 is 2.08. The minimum atomic E-state index is 0.758. The molecule has 0 spiro atoms. The number of anilines is 1. The molecule has 6 heteroatoms. The van der Waals surface area contributed by atoms with Gasteiger partial charge in [0.2, 0.25) is 0 Å². The molecule has 1 aromatic heterocycles. The fraction of sp³-hybridized carbons (Fsp3) is 0.583. The molecule has 0 unspecified atom stereocenters. The Morgan fingerprint density at radius 2 is 1.89 bits per heavy atom. The van der Waals surface area contributed by atoms with Crippen LogP contribution in [0.25, 0.3) is 0 Å². The molecular weight excluding hydrogens is 360 g/mol. The minimum absolute atomic E-state index is 0.758. The van der Waals surface area contributed by atoms with Gasteiger partial charge in [-0.05, 0) is 37.9 Å². The fourth-order valence-electron chi connectivity index (χ4n) is 2.47. The van der Waals surface area contributed by atoms with E-state index in [0.29, 0.717) is 0 Å². The first-order valence-electron chi connectivity index (χ1n) is 6.25. The molecule has 2 aliphatic heterocycles. The van der Waals surface area contributed by atoms with Gasteiger partial charge >= 0.3 is 0 Å². The zero-order chi connectivity index (χ0) is 12.5. The fourth-order valence-corrected chi connectivity index (χ4v) is 3.71. The Hall–Kier alpha value is -0.170. The van der Waals surface area contributed by atoms with E-state index in [0.717, 1.165) is 60.1 Å². The van der Waals surface area contributed by atoms with Crippen molar-refractivity contribution < 1.29 is 0 Å². The van der Waals surface area contributed by atoms with Gasteiger partial charge in [-0.1, -0.05) is 0 Å². The van der Waals surface area contributed by atoms with Crippen molar-refractivity contribution in [2.75, 3.05) is 44.2 Å².